The Morgan fingerprint density at radius 1 is 0.966 bits per heavy atom. The molecule has 148 valence electrons. The molecule has 2 aliphatic rings. The topological polar surface area (TPSA) is 76.6 Å². The van der Waals surface area contributed by atoms with E-state index >= 15 is 0 Å². The molecule has 7 heteroatoms. The first-order chi connectivity index (χ1) is 14.3. The zero-order valence-electron chi connectivity index (χ0n) is 16.1. The lowest BCUT2D eigenvalue weighted by molar-refractivity contribution is -0.115. The highest BCUT2D eigenvalue weighted by Gasteiger charge is 2.21. The minimum Gasteiger partial charge on any atom is -0.486 e. The van der Waals surface area contributed by atoms with E-state index in [0.717, 1.165) is 54.1 Å². The van der Waals surface area contributed by atoms with Crippen LogP contribution in [0.1, 0.15) is 18.4 Å². The second-order valence-corrected chi connectivity index (χ2v) is 7.28. The van der Waals surface area contributed by atoms with Crippen molar-refractivity contribution >= 4 is 28.6 Å². The van der Waals surface area contributed by atoms with Crippen LogP contribution in [0, 0.1) is 0 Å². The zero-order valence-corrected chi connectivity index (χ0v) is 16.1. The van der Waals surface area contributed by atoms with Crippen LogP contribution in [0.4, 0.5) is 11.6 Å². The van der Waals surface area contributed by atoms with Crippen molar-refractivity contribution in [2.45, 2.75) is 19.3 Å². The summed E-state index contributed by atoms with van der Waals surface area (Å²) in [6.07, 6.45) is 2.47. The fraction of sp³-hybridized carbons (Fsp3) is 0.318. The smallest absolute Gasteiger partial charge is 0.230 e. The van der Waals surface area contributed by atoms with E-state index in [2.05, 4.69) is 10.2 Å². The number of hydrogen-bond donors (Lipinski definition) is 1. The van der Waals surface area contributed by atoms with Crippen molar-refractivity contribution in [1.82, 2.24) is 9.97 Å². The maximum atomic E-state index is 12.8. The third-order valence-corrected chi connectivity index (χ3v) is 5.19. The summed E-state index contributed by atoms with van der Waals surface area (Å²) in [6.45, 7) is 2.93. The van der Waals surface area contributed by atoms with Gasteiger partial charge in [0, 0.05) is 13.1 Å². The molecule has 0 spiro atoms. The molecule has 0 unspecified atom stereocenters. The summed E-state index contributed by atoms with van der Waals surface area (Å²) >= 11 is 0. The van der Waals surface area contributed by atoms with Gasteiger partial charge in [0.15, 0.2) is 23.1 Å². The first-order valence-corrected chi connectivity index (χ1v) is 9.96. The number of carbonyl (C=O) groups is 1. The lowest BCUT2D eigenvalue weighted by atomic mass is 10.1. The molecular formula is C22H22N4O3. The summed E-state index contributed by atoms with van der Waals surface area (Å²) in [5.41, 5.74) is 2.47. The van der Waals surface area contributed by atoms with Crippen molar-refractivity contribution < 1.29 is 14.3 Å². The number of aromatic nitrogens is 2. The van der Waals surface area contributed by atoms with Gasteiger partial charge in [-0.3, -0.25) is 4.79 Å². The van der Waals surface area contributed by atoms with E-state index in [4.69, 9.17) is 19.4 Å². The van der Waals surface area contributed by atoms with Gasteiger partial charge >= 0.3 is 0 Å². The molecule has 3 heterocycles. The predicted molar refractivity (Wildman–Crippen MR) is 111 cm³/mol. The van der Waals surface area contributed by atoms with Crippen molar-refractivity contribution in [2.75, 3.05) is 36.5 Å². The lowest BCUT2D eigenvalue weighted by Gasteiger charge is -2.20. The van der Waals surface area contributed by atoms with Gasteiger partial charge in [0.25, 0.3) is 0 Å². The molecule has 1 N–H and O–H groups in total. The summed E-state index contributed by atoms with van der Waals surface area (Å²) in [6, 6.07) is 13.3. The van der Waals surface area contributed by atoms with E-state index in [-0.39, 0.29) is 12.3 Å². The maximum absolute atomic E-state index is 12.8. The number of amides is 1. The highest BCUT2D eigenvalue weighted by atomic mass is 16.6. The van der Waals surface area contributed by atoms with E-state index in [1.165, 1.54) is 0 Å². The van der Waals surface area contributed by atoms with Crippen LogP contribution in [-0.2, 0) is 11.2 Å². The van der Waals surface area contributed by atoms with E-state index in [1.807, 2.05) is 42.5 Å². The van der Waals surface area contributed by atoms with Crippen LogP contribution < -0.4 is 19.7 Å². The SMILES string of the molecule is O=C(Cc1ccc2c(c1)OCCO2)Nc1nc2ccccc2nc1N1CCCC1. The number of anilines is 2. The minimum atomic E-state index is -0.133. The monoisotopic (exact) mass is 390 g/mol. The molecule has 29 heavy (non-hydrogen) atoms. The Morgan fingerprint density at radius 3 is 2.48 bits per heavy atom. The van der Waals surface area contributed by atoms with Crippen LogP contribution >= 0.6 is 0 Å². The number of fused-ring (bicyclic) bond motifs is 2. The summed E-state index contributed by atoms with van der Waals surface area (Å²) < 4.78 is 11.2. The summed E-state index contributed by atoms with van der Waals surface area (Å²) in [5.74, 6) is 2.54. The average molecular weight is 390 g/mol. The number of para-hydroxylation sites is 2. The van der Waals surface area contributed by atoms with E-state index < -0.39 is 0 Å². The molecule has 1 fully saturated rings. The highest BCUT2D eigenvalue weighted by Crippen LogP contribution is 2.31. The number of nitrogens with zero attached hydrogens (tertiary/aromatic N) is 3. The van der Waals surface area contributed by atoms with Crippen LogP contribution in [-0.4, -0.2) is 42.2 Å². The average Bonchev–Trinajstić information content (AvgIpc) is 3.28. The molecule has 2 aliphatic heterocycles. The van der Waals surface area contributed by atoms with Crippen molar-refractivity contribution in [3.8, 4) is 11.5 Å². The van der Waals surface area contributed by atoms with Gasteiger partial charge in [0.1, 0.15) is 13.2 Å². The molecule has 1 aromatic heterocycles. The molecule has 7 nitrogen and oxygen atoms in total. The second kappa shape index (κ2) is 7.58. The number of carbonyl (C=O) groups excluding carboxylic acids is 1. The largest absolute Gasteiger partial charge is 0.486 e. The molecule has 0 aliphatic carbocycles. The maximum Gasteiger partial charge on any atom is 0.230 e. The van der Waals surface area contributed by atoms with Gasteiger partial charge < -0.3 is 19.7 Å². The number of rotatable bonds is 4. The molecule has 3 aromatic rings. The molecule has 0 saturated carbocycles. The Labute approximate surface area is 168 Å². The third-order valence-electron chi connectivity index (χ3n) is 5.19. The van der Waals surface area contributed by atoms with Crippen LogP contribution in [0.2, 0.25) is 0 Å². The van der Waals surface area contributed by atoms with E-state index in [1.54, 1.807) is 0 Å². The van der Waals surface area contributed by atoms with Crippen molar-refractivity contribution in [2.24, 2.45) is 0 Å². The Morgan fingerprint density at radius 2 is 1.69 bits per heavy atom. The normalized spacial score (nSPS) is 15.5. The van der Waals surface area contributed by atoms with Gasteiger partial charge in [0.2, 0.25) is 5.91 Å². The lowest BCUT2D eigenvalue weighted by Crippen LogP contribution is -2.24. The fourth-order valence-corrected chi connectivity index (χ4v) is 3.78. The van der Waals surface area contributed by atoms with Gasteiger partial charge in [-0.1, -0.05) is 18.2 Å². The first kappa shape index (κ1) is 17.7. The molecule has 5 rings (SSSR count). The summed E-state index contributed by atoms with van der Waals surface area (Å²) in [5, 5.41) is 2.98. The number of nitrogens with one attached hydrogen (secondary N) is 1. The quantitative estimate of drug-likeness (QED) is 0.737. The molecule has 0 atom stereocenters. The molecule has 1 saturated heterocycles. The Kier molecular flexibility index (Phi) is 4.63. The van der Waals surface area contributed by atoms with Gasteiger partial charge in [-0.2, -0.15) is 0 Å². The zero-order chi connectivity index (χ0) is 19.6. The Hall–Kier alpha value is -3.35. The minimum absolute atomic E-state index is 0.133. The van der Waals surface area contributed by atoms with Crippen LogP contribution in [0.25, 0.3) is 11.0 Å². The fourth-order valence-electron chi connectivity index (χ4n) is 3.78. The third kappa shape index (κ3) is 3.68. The van der Waals surface area contributed by atoms with E-state index in [9.17, 15) is 4.79 Å². The van der Waals surface area contributed by atoms with Crippen LogP contribution in [0.5, 0.6) is 11.5 Å². The summed E-state index contributed by atoms with van der Waals surface area (Å²) in [4.78, 5) is 24.5. The second-order valence-electron chi connectivity index (χ2n) is 7.28. The number of benzene rings is 2. The van der Waals surface area contributed by atoms with Gasteiger partial charge in [-0.05, 0) is 42.7 Å². The molecular weight excluding hydrogens is 368 g/mol. The van der Waals surface area contributed by atoms with Gasteiger partial charge in [0.05, 0.1) is 17.5 Å². The standard InChI is InChI=1S/C22H22N4O3/c27-20(14-15-7-8-18-19(13-15)29-12-11-28-18)25-21-22(26-9-3-4-10-26)24-17-6-2-1-5-16(17)23-21/h1-2,5-8,13H,3-4,9-12,14H2,(H,23,25,27). The molecule has 2 aromatic carbocycles. The number of hydrogen-bond acceptors (Lipinski definition) is 6. The van der Waals surface area contributed by atoms with Crippen molar-refractivity contribution in [1.29, 1.82) is 0 Å². The highest BCUT2D eigenvalue weighted by molar-refractivity contribution is 5.95. The molecule has 0 radical (unpaired) electrons. The Balaban J connectivity index is 1.40. The van der Waals surface area contributed by atoms with Crippen LogP contribution in [0.3, 0.4) is 0 Å². The van der Waals surface area contributed by atoms with Crippen molar-refractivity contribution in [3.05, 3.63) is 48.0 Å². The first-order valence-electron chi connectivity index (χ1n) is 9.96. The Bertz CT molecular complexity index is 1060. The van der Waals surface area contributed by atoms with Gasteiger partial charge in [-0.25, -0.2) is 9.97 Å². The van der Waals surface area contributed by atoms with Gasteiger partial charge in [-0.15, -0.1) is 0 Å². The number of ether oxygens (including phenoxy) is 2. The summed E-state index contributed by atoms with van der Waals surface area (Å²) in [7, 11) is 0. The predicted octanol–water partition coefficient (Wildman–Crippen LogP) is 3.18. The van der Waals surface area contributed by atoms with Crippen molar-refractivity contribution in [3.63, 3.8) is 0 Å². The van der Waals surface area contributed by atoms with E-state index in [0.29, 0.717) is 24.8 Å². The van der Waals surface area contributed by atoms with Crippen LogP contribution in [0.15, 0.2) is 42.5 Å². The molecule has 1 amide bonds. The molecule has 0 bridgehead atoms.